The second-order valence-electron chi connectivity index (χ2n) is 5.06. The van der Waals surface area contributed by atoms with Crippen molar-refractivity contribution < 1.29 is 8.42 Å². The fourth-order valence-electron chi connectivity index (χ4n) is 2.64. The monoisotopic (exact) mass is 304 g/mol. The van der Waals surface area contributed by atoms with Crippen molar-refractivity contribution in [1.29, 1.82) is 0 Å². The van der Waals surface area contributed by atoms with Crippen LogP contribution in [0.2, 0.25) is 0 Å². The van der Waals surface area contributed by atoms with Gasteiger partial charge >= 0.3 is 0 Å². The summed E-state index contributed by atoms with van der Waals surface area (Å²) in [6.07, 6.45) is 1.72. The molecule has 0 saturated carbocycles. The van der Waals surface area contributed by atoms with Crippen LogP contribution in [0.25, 0.3) is 0 Å². The van der Waals surface area contributed by atoms with Gasteiger partial charge < -0.3 is 9.88 Å². The van der Waals surface area contributed by atoms with Crippen LogP contribution in [0.3, 0.4) is 0 Å². The molecule has 1 aromatic carbocycles. The van der Waals surface area contributed by atoms with Gasteiger partial charge in [-0.25, -0.2) is 8.42 Å². The van der Waals surface area contributed by atoms with E-state index in [1.165, 1.54) is 6.07 Å². The van der Waals surface area contributed by atoms with Crippen molar-refractivity contribution in [2.24, 2.45) is 0 Å². The molecule has 6 heteroatoms. The SMILES string of the molecule is CCn1cc(NC2CS(=O)(=O)c3ccccc32)ccc1=O. The summed E-state index contributed by atoms with van der Waals surface area (Å²) in [5.74, 6) is 0.0393. The van der Waals surface area contributed by atoms with Crippen LogP contribution in [0.4, 0.5) is 5.69 Å². The van der Waals surface area contributed by atoms with Crippen molar-refractivity contribution in [3.8, 4) is 0 Å². The summed E-state index contributed by atoms with van der Waals surface area (Å²) in [7, 11) is -3.23. The Morgan fingerprint density at radius 1 is 1.24 bits per heavy atom. The molecule has 0 saturated heterocycles. The molecule has 0 bridgehead atoms. The van der Waals surface area contributed by atoms with Crippen molar-refractivity contribution in [2.75, 3.05) is 11.1 Å². The van der Waals surface area contributed by atoms with E-state index in [9.17, 15) is 13.2 Å². The first-order chi connectivity index (χ1) is 10.0. The van der Waals surface area contributed by atoms with E-state index >= 15 is 0 Å². The number of sulfone groups is 1. The summed E-state index contributed by atoms with van der Waals surface area (Å²) in [5.41, 5.74) is 1.46. The van der Waals surface area contributed by atoms with Crippen LogP contribution in [0.15, 0.2) is 52.3 Å². The Bertz CT molecular complexity index is 840. The number of hydrogen-bond acceptors (Lipinski definition) is 4. The third-order valence-corrected chi connectivity index (χ3v) is 5.49. The van der Waals surface area contributed by atoms with Gasteiger partial charge in [0.1, 0.15) is 0 Å². The van der Waals surface area contributed by atoms with E-state index in [4.69, 9.17) is 0 Å². The predicted molar refractivity (Wildman–Crippen MR) is 81.2 cm³/mol. The number of anilines is 1. The molecule has 5 nitrogen and oxygen atoms in total. The maximum Gasteiger partial charge on any atom is 0.250 e. The fourth-order valence-corrected chi connectivity index (χ4v) is 4.37. The van der Waals surface area contributed by atoms with Crippen molar-refractivity contribution in [1.82, 2.24) is 4.57 Å². The van der Waals surface area contributed by atoms with Gasteiger partial charge in [0, 0.05) is 18.8 Å². The lowest BCUT2D eigenvalue weighted by Gasteiger charge is -2.15. The molecular formula is C15H16N2O3S. The third-order valence-electron chi connectivity index (χ3n) is 3.68. The molecular weight excluding hydrogens is 288 g/mol. The number of aryl methyl sites for hydroxylation is 1. The van der Waals surface area contributed by atoms with E-state index in [1.807, 2.05) is 19.1 Å². The predicted octanol–water partition coefficient (Wildman–Crippen LogP) is 1.81. The maximum absolute atomic E-state index is 12.1. The average molecular weight is 304 g/mol. The first kappa shape index (κ1) is 13.9. The molecule has 21 heavy (non-hydrogen) atoms. The van der Waals surface area contributed by atoms with Gasteiger partial charge in [0.2, 0.25) is 0 Å². The lowest BCUT2D eigenvalue weighted by molar-refractivity contribution is 0.598. The van der Waals surface area contributed by atoms with Gasteiger partial charge in [-0.3, -0.25) is 4.79 Å². The van der Waals surface area contributed by atoms with Gasteiger partial charge in [0.25, 0.3) is 5.56 Å². The van der Waals surface area contributed by atoms with E-state index in [-0.39, 0.29) is 17.4 Å². The van der Waals surface area contributed by atoms with E-state index in [0.717, 1.165) is 11.3 Å². The van der Waals surface area contributed by atoms with Crippen LogP contribution in [0, 0.1) is 0 Å². The molecule has 1 aliphatic rings. The molecule has 3 rings (SSSR count). The minimum Gasteiger partial charge on any atom is -0.376 e. The van der Waals surface area contributed by atoms with Gasteiger partial charge in [-0.2, -0.15) is 0 Å². The molecule has 0 aliphatic carbocycles. The zero-order chi connectivity index (χ0) is 15.0. The van der Waals surface area contributed by atoms with E-state index in [1.54, 1.807) is 29.0 Å². The maximum atomic E-state index is 12.1. The summed E-state index contributed by atoms with van der Waals surface area (Å²) in [6, 6.07) is 9.92. The minimum absolute atomic E-state index is 0.0393. The van der Waals surface area contributed by atoms with Crippen molar-refractivity contribution >= 4 is 15.5 Å². The van der Waals surface area contributed by atoms with Crippen molar-refractivity contribution in [2.45, 2.75) is 24.4 Å². The molecule has 0 radical (unpaired) electrons. The van der Waals surface area contributed by atoms with Gasteiger partial charge in [0.15, 0.2) is 9.84 Å². The van der Waals surface area contributed by atoms with Crippen molar-refractivity contribution in [3.63, 3.8) is 0 Å². The lowest BCUT2D eigenvalue weighted by Crippen LogP contribution is -2.19. The molecule has 110 valence electrons. The number of benzene rings is 1. The smallest absolute Gasteiger partial charge is 0.250 e. The Kier molecular flexibility index (Phi) is 3.33. The summed E-state index contributed by atoms with van der Waals surface area (Å²) in [5, 5.41) is 3.22. The van der Waals surface area contributed by atoms with Crippen LogP contribution in [-0.2, 0) is 16.4 Å². The standard InChI is InChI=1S/C15H16N2O3S/c1-2-17-9-11(7-8-15(17)18)16-13-10-21(19,20)14-6-4-3-5-12(13)14/h3-9,13,16H,2,10H2,1H3. The largest absolute Gasteiger partial charge is 0.376 e. The zero-order valence-electron chi connectivity index (χ0n) is 11.6. The molecule has 1 atom stereocenters. The number of hydrogen-bond donors (Lipinski definition) is 1. The van der Waals surface area contributed by atoms with Crippen LogP contribution < -0.4 is 10.9 Å². The average Bonchev–Trinajstić information content (AvgIpc) is 2.73. The number of nitrogens with zero attached hydrogens (tertiary/aromatic N) is 1. The highest BCUT2D eigenvalue weighted by Crippen LogP contribution is 2.35. The first-order valence-electron chi connectivity index (χ1n) is 6.80. The molecule has 0 spiro atoms. The van der Waals surface area contributed by atoms with E-state index in [2.05, 4.69) is 5.32 Å². The number of pyridine rings is 1. The van der Waals surface area contributed by atoms with E-state index < -0.39 is 9.84 Å². The summed E-state index contributed by atoms with van der Waals surface area (Å²) in [6.45, 7) is 2.47. The Morgan fingerprint density at radius 3 is 2.76 bits per heavy atom. The molecule has 1 aliphatic heterocycles. The van der Waals surface area contributed by atoms with Gasteiger partial charge in [-0.15, -0.1) is 0 Å². The zero-order valence-corrected chi connectivity index (χ0v) is 12.4. The Hall–Kier alpha value is -2.08. The third kappa shape index (κ3) is 2.47. The second-order valence-corrected chi connectivity index (χ2v) is 7.06. The summed E-state index contributed by atoms with van der Waals surface area (Å²) in [4.78, 5) is 12.0. The van der Waals surface area contributed by atoms with Gasteiger partial charge in [0.05, 0.1) is 22.4 Å². The van der Waals surface area contributed by atoms with Crippen molar-refractivity contribution in [3.05, 3.63) is 58.5 Å². The Balaban J connectivity index is 1.95. The van der Waals surface area contributed by atoms with Crippen LogP contribution >= 0.6 is 0 Å². The van der Waals surface area contributed by atoms with Crippen LogP contribution in [0.1, 0.15) is 18.5 Å². The highest BCUT2D eigenvalue weighted by molar-refractivity contribution is 7.91. The highest BCUT2D eigenvalue weighted by atomic mass is 32.2. The molecule has 0 amide bonds. The van der Waals surface area contributed by atoms with Crippen LogP contribution in [-0.4, -0.2) is 18.7 Å². The topological polar surface area (TPSA) is 68.2 Å². The first-order valence-corrected chi connectivity index (χ1v) is 8.45. The Labute approximate surface area is 123 Å². The van der Waals surface area contributed by atoms with Gasteiger partial charge in [-0.05, 0) is 24.6 Å². The number of aromatic nitrogens is 1. The summed E-state index contributed by atoms with van der Waals surface area (Å²) < 4.78 is 25.9. The molecule has 1 unspecified atom stereocenters. The number of rotatable bonds is 3. The lowest BCUT2D eigenvalue weighted by atomic mass is 10.1. The molecule has 1 aromatic heterocycles. The van der Waals surface area contributed by atoms with Crippen LogP contribution in [0.5, 0.6) is 0 Å². The Morgan fingerprint density at radius 2 is 2.00 bits per heavy atom. The second kappa shape index (κ2) is 5.04. The quantitative estimate of drug-likeness (QED) is 0.939. The number of fused-ring (bicyclic) bond motifs is 1. The fraction of sp³-hybridized carbons (Fsp3) is 0.267. The number of nitrogens with one attached hydrogen (secondary N) is 1. The minimum atomic E-state index is -3.23. The molecule has 2 aromatic rings. The van der Waals surface area contributed by atoms with E-state index in [0.29, 0.717) is 11.4 Å². The normalized spacial score (nSPS) is 19.2. The van der Waals surface area contributed by atoms with Gasteiger partial charge in [-0.1, -0.05) is 18.2 Å². The highest BCUT2D eigenvalue weighted by Gasteiger charge is 2.34. The molecule has 0 fully saturated rings. The molecule has 2 heterocycles. The summed E-state index contributed by atoms with van der Waals surface area (Å²) >= 11 is 0. The molecule has 1 N–H and O–H groups in total.